The Bertz CT molecular complexity index is 697. The van der Waals surface area contributed by atoms with Crippen molar-refractivity contribution >= 4 is 17.3 Å². The van der Waals surface area contributed by atoms with Crippen molar-refractivity contribution in [2.45, 2.75) is 13.5 Å². The van der Waals surface area contributed by atoms with Crippen molar-refractivity contribution in [1.29, 1.82) is 0 Å². The highest BCUT2D eigenvalue weighted by atomic mass is 35.5. The van der Waals surface area contributed by atoms with Gasteiger partial charge in [-0.25, -0.2) is 4.98 Å². The lowest BCUT2D eigenvalue weighted by Gasteiger charge is -2.08. The van der Waals surface area contributed by atoms with Crippen LogP contribution in [0, 0.1) is 17.0 Å². The van der Waals surface area contributed by atoms with Crippen LogP contribution in [-0.4, -0.2) is 14.5 Å². The molecule has 2 rings (SSSR count). The summed E-state index contributed by atoms with van der Waals surface area (Å²) >= 11 is 5.65. The van der Waals surface area contributed by atoms with Gasteiger partial charge in [0.15, 0.2) is 5.15 Å². The fraction of sp³-hybridized carbons (Fsp3) is 0.167. The zero-order valence-electron chi connectivity index (χ0n) is 10.0. The summed E-state index contributed by atoms with van der Waals surface area (Å²) in [6.07, 6.45) is 2.91. The molecule has 0 spiro atoms. The number of nitro benzene ring substituents is 1. The molecule has 0 radical (unpaired) electrons. The Labute approximate surface area is 113 Å². The molecule has 0 aliphatic rings. The van der Waals surface area contributed by atoms with Gasteiger partial charge < -0.3 is 4.57 Å². The Hall–Kier alpha value is -2.21. The summed E-state index contributed by atoms with van der Waals surface area (Å²) < 4.78 is 1.36. The zero-order valence-corrected chi connectivity index (χ0v) is 10.8. The minimum atomic E-state index is -0.443. The van der Waals surface area contributed by atoms with E-state index in [9.17, 15) is 14.9 Å². The summed E-state index contributed by atoms with van der Waals surface area (Å²) in [6, 6.07) is 4.76. The Morgan fingerprint density at radius 1 is 1.47 bits per heavy atom. The first kappa shape index (κ1) is 13.2. The van der Waals surface area contributed by atoms with Crippen molar-refractivity contribution in [2.24, 2.45) is 0 Å². The van der Waals surface area contributed by atoms with E-state index >= 15 is 0 Å². The molecule has 1 aromatic carbocycles. The van der Waals surface area contributed by atoms with Gasteiger partial charge in [0, 0.05) is 24.0 Å². The third-order valence-electron chi connectivity index (χ3n) is 2.83. The summed E-state index contributed by atoms with van der Waals surface area (Å²) in [7, 11) is 0. The second-order valence-corrected chi connectivity index (χ2v) is 4.33. The van der Waals surface area contributed by atoms with Gasteiger partial charge in [-0.2, -0.15) is 0 Å². The second-order valence-electron chi connectivity index (χ2n) is 3.97. The highest BCUT2D eigenvalue weighted by Crippen LogP contribution is 2.21. The molecule has 0 aliphatic carbocycles. The number of benzene rings is 1. The van der Waals surface area contributed by atoms with E-state index in [0.717, 1.165) is 0 Å². The minimum Gasteiger partial charge on any atom is -0.307 e. The predicted octanol–water partition coefficient (Wildman–Crippen LogP) is 2.16. The topological polar surface area (TPSA) is 78.0 Å². The van der Waals surface area contributed by atoms with Crippen LogP contribution < -0.4 is 5.56 Å². The molecule has 0 aliphatic heterocycles. The van der Waals surface area contributed by atoms with Crippen LogP contribution in [0.4, 0.5) is 5.69 Å². The monoisotopic (exact) mass is 279 g/mol. The minimum absolute atomic E-state index is 0.0331. The number of aromatic nitrogens is 2. The van der Waals surface area contributed by atoms with E-state index in [0.29, 0.717) is 11.1 Å². The maximum Gasteiger partial charge on any atom is 0.288 e. The Balaban J connectivity index is 2.45. The van der Waals surface area contributed by atoms with Gasteiger partial charge in [-0.1, -0.05) is 23.7 Å². The van der Waals surface area contributed by atoms with Crippen LogP contribution in [0.15, 0.2) is 35.4 Å². The average Bonchev–Trinajstić information content (AvgIpc) is 2.37. The fourth-order valence-corrected chi connectivity index (χ4v) is 1.93. The number of rotatable bonds is 3. The summed E-state index contributed by atoms with van der Waals surface area (Å²) in [5.41, 5.74) is 0.840. The van der Waals surface area contributed by atoms with E-state index < -0.39 is 10.5 Å². The van der Waals surface area contributed by atoms with Crippen molar-refractivity contribution < 1.29 is 4.92 Å². The highest BCUT2D eigenvalue weighted by molar-refractivity contribution is 6.29. The van der Waals surface area contributed by atoms with Gasteiger partial charge in [-0.15, -0.1) is 0 Å². The van der Waals surface area contributed by atoms with Crippen molar-refractivity contribution in [2.75, 3.05) is 0 Å². The van der Waals surface area contributed by atoms with Gasteiger partial charge >= 0.3 is 0 Å². The van der Waals surface area contributed by atoms with E-state index in [1.54, 1.807) is 19.1 Å². The molecule has 0 saturated heterocycles. The molecule has 98 valence electrons. The quantitative estimate of drug-likeness (QED) is 0.637. The lowest BCUT2D eigenvalue weighted by atomic mass is 10.1. The van der Waals surface area contributed by atoms with E-state index in [1.165, 1.54) is 23.0 Å². The number of halogens is 1. The molecule has 19 heavy (non-hydrogen) atoms. The van der Waals surface area contributed by atoms with Crippen LogP contribution >= 0.6 is 11.6 Å². The molecule has 2 aromatic rings. The van der Waals surface area contributed by atoms with Crippen LogP contribution in [0.2, 0.25) is 5.15 Å². The summed E-state index contributed by atoms with van der Waals surface area (Å²) in [6.45, 7) is 1.87. The molecule has 6 nitrogen and oxygen atoms in total. The van der Waals surface area contributed by atoms with E-state index in [4.69, 9.17) is 11.6 Å². The predicted molar refractivity (Wildman–Crippen MR) is 70.4 cm³/mol. The first-order valence-corrected chi connectivity index (χ1v) is 5.82. The molecular formula is C12H10ClN3O3. The summed E-state index contributed by atoms with van der Waals surface area (Å²) in [5, 5.41) is 10.7. The van der Waals surface area contributed by atoms with Gasteiger partial charge in [0.05, 0.1) is 11.5 Å². The molecule has 0 unspecified atom stereocenters. The van der Waals surface area contributed by atoms with Gasteiger partial charge in [0.1, 0.15) is 0 Å². The molecule has 0 saturated carbocycles. The normalized spacial score (nSPS) is 10.4. The van der Waals surface area contributed by atoms with E-state index in [2.05, 4.69) is 4.98 Å². The molecular weight excluding hydrogens is 270 g/mol. The molecule has 1 heterocycles. The van der Waals surface area contributed by atoms with Gasteiger partial charge in [-0.3, -0.25) is 14.9 Å². The second kappa shape index (κ2) is 5.19. The third kappa shape index (κ3) is 2.63. The van der Waals surface area contributed by atoms with Gasteiger partial charge in [0.25, 0.3) is 11.2 Å². The van der Waals surface area contributed by atoms with Crippen molar-refractivity contribution in [3.8, 4) is 0 Å². The highest BCUT2D eigenvalue weighted by Gasteiger charge is 2.13. The molecule has 7 heteroatoms. The van der Waals surface area contributed by atoms with Gasteiger partial charge in [0.2, 0.25) is 0 Å². The SMILES string of the molecule is Cc1c(Cn2ccnc(Cl)c2=O)cccc1[N+](=O)[O-]. The molecule has 1 aromatic heterocycles. The molecule has 0 N–H and O–H groups in total. The number of nitrogens with zero attached hydrogens (tertiary/aromatic N) is 3. The number of nitro groups is 1. The lowest BCUT2D eigenvalue weighted by Crippen LogP contribution is -2.21. The van der Waals surface area contributed by atoms with Gasteiger partial charge in [-0.05, 0) is 12.5 Å². The maximum atomic E-state index is 11.7. The smallest absolute Gasteiger partial charge is 0.288 e. The number of hydrogen-bond donors (Lipinski definition) is 0. The van der Waals surface area contributed by atoms with Crippen LogP contribution in [0.25, 0.3) is 0 Å². The first-order valence-electron chi connectivity index (χ1n) is 5.44. The summed E-state index contributed by atoms with van der Waals surface area (Å²) in [4.78, 5) is 25.8. The van der Waals surface area contributed by atoms with E-state index in [1.807, 2.05) is 0 Å². The fourth-order valence-electron chi connectivity index (χ4n) is 1.77. The lowest BCUT2D eigenvalue weighted by molar-refractivity contribution is -0.385. The van der Waals surface area contributed by atoms with Crippen LogP contribution in [0.5, 0.6) is 0 Å². The Morgan fingerprint density at radius 2 is 2.21 bits per heavy atom. The Kier molecular flexibility index (Phi) is 3.62. The van der Waals surface area contributed by atoms with Crippen LogP contribution in [0.3, 0.4) is 0 Å². The Morgan fingerprint density at radius 3 is 2.89 bits per heavy atom. The first-order chi connectivity index (χ1) is 9.00. The molecule has 0 atom stereocenters. The maximum absolute atomic E-state index is 11.7. The zero-order chi connectivity index (χ0) is 14.0. The van der Waals surface area contributed by atoms with Crippen LogP contribution in [-0.2, 0) is 6.54 Å². The summed E-state index contributed by atoms with van der Waals surface area (Å²) in [5.74, 6) is 0. The average molecular weight is 280 g/mol. The van der Waals surface area contributed by atoms with Crippen LogP contribution in [0.1, 0.15) is 11.1 Å². The molecule has 0 amide bonds. The largest absolute Gasteiger partial charge is 0.307 e. The number of hydrogen-bond acceptors (Lipinski definition) is 4. The molecule has 0 fully saturated rings. The van der Waals surface area contributed by atoms with E-state index in [-0.39, 0.29) is 17.4 Å². The molecule has 0 bridgehead atoms. The standard InChI is InChI=1S/C12H10ClN3O3/c1-8-9(3-2-4-10(8)16(18)19)7-15-6-5-14-11(13)12(15)17/h2-6H,7H2,1H3. The third-order valence-corrected chi connectivity index (χ3v) is 3.09. The van der Waals surface area contributed by atoms with Crippen molar-refractivity contribution in [3.05, 3.63) is 67.3 Å². The van der Waals surface area contributed by atoms with Crippen molar-refractivity contribution in [1.82, 2.24) is 9.55 Å². The van der Waals surface area contributed by atoms with Crippen molar-refractivity contribution in [3.63, 3.8) is 0 Å².